The van der Waals surface area contributed by atoms with Crippen molar-refractivity contribution >= 4 is 23.3 Å². The fourth-order valence-electron chi connectivity index (χ4n) is 2.08. The molecule has 0 saturated carbocycles. The molecule has 1 aromatic heterocycles. The Morgan fingerprint density at radius 3 is 3.16 bits per heavy atom. The number of ether oxygens (including phenoxy) is 1. The Balaban J connectivity index is 2.29. The van der Waals surface area contributed by atoms with Gasteiger partial charge in [0, 0.05) is 18.7 Å². The molecule has 1 saturated heterocycles. The van der Waals surface area contributed by atoms with Crippen LogP contribution in [-0.2, 0) is 9.53 Å². The molecule has 2 heterocycles. The van der Waals surface area contributed by atoms with Gasteiger partial charge in [-0.15, -0.1) is 0 Å². The molecule has 1 aromatic rings. The molecule has 1 aliphatic rings. The van der Waals surface area contributed by atoms with Crippen molar-refractivity contribution in [3.8, 4) is 0 Å². The van der Waals surface area contributed by atoms with E-state index in [1.807, 2.05) is 18.7 Å². The summed E-state index contributed by atoms with van der Waals surface area (Å²) in [6.07, 6.45) is 1.41. The standard InChI is InChI=1S/C12H17ClN4O2/c1-3-14-12(18)9-6-19-5-4-17(9)11-8(2)10(13)15-7-16-11/h7,9H,3-6H2,1-2H3,(H,14,18). The molecule has 1 atom stereocenters. The molecule has 1 fully saturated rings. The number of morpholine rings is 1. The summed E-state index contributed by atoms with van der Waals surface area (Å²) >= 11 is 6.01. The van der Waals surface area contributed by atoms with E-state index in [4.69, 9.17) is 16.3 Å². The zero-order valence-corrected chi connectivity index (χ0v) is 11.8. The average Bonchev–Trinajstić information content (AvgIpc) is 2.42. The lowest BCUT2D eigenvalue weighted by atomic mass is 10.2. The normalized spacial score (nSPS) is 19.3. The highest BCUT2D eigenvalue weighted by Crippen LogP contribution is 2.25. The number of hydrogen-bond donors (Lipinski definition) is 1. The first-order valence-corrected chi connectivity index (χ1v) is 6.62. The van der Waals surface area contributed by atoms with Crippen LogP contribution in [-0.4, -0.2) is 48.2 Å². The molecular formula is C12H17ClN4O2. The fraction of sp³-hybridized carbons (Fsp3) is 0.583. The van der Waals surface area contributed by atoms with E-state index in [0.717, 1.165) is 5.56 Å². The summed E-state index contributed by atoms with van der Waals surface area (Å²) in [6.45, 7) is 5.85. The summed E-state index contributed by atoms with van der Waals surface area (Å²) in [5.41, 5.74) is 0.778. The van der Waals surface area contributed by atoms with Gasteiger partial charge in [0.15, 0.2) is 0 Å². The first kappa shape index (κ1) is 14.0. The van der Waals surface area contributed by atoms with Gasteiger partial charge in [0.05, 0.1) is 13.2 Å². The van der Waals surface area contributed by atoms with Crippen LogP contribution in [0.3, 0.4) is 0 Å². The van der Waals surface area contributed by atoms with E-state index >= 15 is 0 Å². The molecule has 1 amide bonds. The molecule has 0 aliphatic carbocycles. The molecule has 1 aliphatic heterocycles. The number of carbonyl (C=O) groups is 1. The van der Waals surface area contributed by atoms with E-state index in [0.29, 0.717) is 37.3 Å². The third-order valence-corrected chi connectivity index (χ3v) is 3.43. The SMILES string of the molecule is CCNC(=O)C1COCCN1c1ncnc(Cl)c1C. The minimum Gasteiger partial charge on any atom is -0.377 e. The lowest BCUT2D eigenvalue weighted by molar-refractivity contribution is -0.124. The largest absolute Gasteiger partial charge is 0.377 e. The highest BCUT2D eigenvalue weighted by Gasteiger charge is 2.31. The van der Waals surface area contributed by atoms with Crippen LogP contribution in [0.1, 0.15) is 12.5 Å². The molecule has 104 valence electrons. The van der Waals surface area contributed by atoms with Crippen LogP contribution in [0.2, 0.25) is 5.15 Å². The third kappa shape index (κ3) is 2.96. The lowest BCUT2D eigenvalue weighted by Gasteiger charge is -2.36. The van der Waals surface area contributed by atoms with Crippen LogP contribution in [0.25, 0.3) is 0 Å². The van der Waals surface area contributed by atoms with Gasteiger partial charge in [-0.3, -0.25) is 4.79 Å². The van der Waals surface area contributed by atoms with Crippen molar-refractivity contribution in [1.29, 1.82) is 0 Å². The van der Waals surface area contributed by atoms with Crippen molar-refractivity contribution in [2.45, 2.75) is 19.9 Å². The molecule has 6 nitrogen and oxygen atoms in total. The van der Waals surface area contributed by atoms with E-state index in [-0.39, 0.29) is 11.9 Å². The number of rotatable bonds is 3. The van der Waals surface area contributed by atoms with Gasteiger partial charge in [0.25, 0.3) is 0 Å². The molecule has 0 bridgehead atoms. The van der Waals surface area contributed by atoms with Gasteiger partial charge in [0.2, 0.25) is 5.91 Å². The van der Waals surface area contributed by atoms with Crippen LogP contribution in [0.5, 0.6) is 0 Å². The second-order valence-electron chi connectivity index (χ2n) is 4.29. The number of nitrogens with zero attached hydrogens (tertiary/aromatic N) is 3. The molecule has 7 heteroatoms. The van der Waals surface area contributed by atoms with Crippen LogP contribution in [0, 0.1) is 6.92 Å². The predicted octanol–water partition coefficient (Wildman–Crippen LogP) is 0.780. The number of aromatic nitrogens is 2. The number of hydrogen-bond acceptors (Lipinski definition) is 5. The van der Waals surface area contributed by atoms with Crippen molar-refractivity contribution < 1.29 is 9.53 Å². The van der Waals surface area contributed by atoms with E-state index in [1.165, 1.54) is 6.33 Å². The van der Waals surface area contributed by atoms with E-state index in [1.54, 1.807) is 0 Å². The highest BCUT2D eigenvalue weighted by molar-refractivity contribution is 6.30. The van der Waals surface area contributed by atoms with E-state index < -0.39 is 0 Å². The maximum atomic E-state index is 12.1. The maximum Gasteiger partial charge on any atom is 0.245 e. The van der Waals surface area contributed by atoms with Gasteiger partial charge in [0.1, 0.15) is 23.3 Å². The molecular weight excluding hydrogens is 268 g/mol. The lowest BCUT2D eigenvalue weighted by Crippen LogP contribution is -2.54. The average molecular weight is 285 g/mol. The Morgan fingerprint density at radius 1 is 1.63 bits per heavy atom. The number of amides is 1. The van der Waals surface area contributed by atoms with Crippen LogP contribution < -0.4 is 10.2 Å². The Labute approximate surface area is 117 Å². The third-order valence-electron chi connectivity index (χ3n) is 3.05. The summed E-state index contributed by atoms with van der Waals surface area (Å²) in [5, 5.41) is 3.22. The van der Waals surface area contributed by atoms with Gasteiger partial charge in [-0.2, -0.15) is 0 Å². The van der Waals surface area contributed by atoms with Crippen molar-refractivity contribution in [2.24, 2.45) is 0 Å². The van der Waals surface area contributed by atoms with Crippen molar-refractivity contribution in [1.82, 2.24) is 15.3 Å². The highest BCUT2D eigenvalue weighted by atomic mass is 35.5. The van der Waals surface area contributed by atoms with Gasteiger partial charge < -0.3 is 15.0 Å². The minimum atomic E-state index is -0.377. The summed E-state index contributed by atoms with van der Waals surface area (Å²) in [5.74, 6) is 0.635. The number of halogens is 1. The summed E-state index contributed by atoms with van der Waals surface area (Å²) in [7, 11) is 0. The van der Waals surface area contributed by atoms with Gasteiger partial charge in [-0.25, -0.2) is 9.97 Å². The van der Waals surface area contributed by atoms with Crippen LogP contribution >= 0.6 is 11.6 Å². The molecule has 19 heavy (non-hydrogen) atoms. The van der Waals surface area contributed by atoms with Crippen molar-refractivity contribution in [3.05, 3.63) is 17.0 Å². The first-order valence-electron chi connectivity index (χ1n) is 6.24. The van der Waals surface area contributed by atoms with Crippen LogP contribution in [0.15, 0.2) is 6.33 Å². The zero-order valence-electron chi connectivity index (χ0n) is 11.0. The minimum absolute atomic E-state index is 0.0589. The first-order chi connectivity index (χ1) is 9.15. The molecule has 0 spiro atoms. The number of nitrogens with one attached hydrogen (secondary N) is 1. The number of likely N-dealkylation sites (N-methyl/N-ethyl adjacent to an activating group) is 1. The van der Waals surface area contributed by atoms with Crippen molar-refractivity contribution in [3.63, 3.8) is 0 Å². The van der Waals surface area contributed by atoms with Crippen LogP contribution in [0.4, 0.5) is 5.82 Å². The monoisotopic (exact) mass is 284 g/mol. The summed E-state index contributed by atoms with van der Waals surface area (Å²) in [4.78, 5) is 22.2. The Kier molecular flexibility index (Phi) is 4.55. The van der Waals surface area contributed by atoms with Gasteiger partial charge in [-0.05, 0) is 13.8 Å². The smallest absolute Gasteiger partial charge is 0.245 e. The van der Waals surface area contributed by atoms with E-state index in [2.05, 4.69) is 15.3 Å². The quantitative estimate of drug-likeness (QED) is 0.831. The summed E-state index contributed by atoms with van der Waals surface area (Å²) in [6, 6.07) is -0.377. The summed E-state index contributed by atoms with van der Waals surface area (Å²) < 4.78 is 5.39. The fourth-order valence-corrected chi connectivity index (χ4v) is 2.20. The Hall–Kier alpha value is -1.40. The van der Waals surface area contributed by atoms with Crippen molar-refractivity contribution in [2.75, 3.05) is 31.2 Å². The molecule has 1 unspecified atom stereocenters. The predicted molar refractivity (Wildman–Crippen MR) is 72.4 cm³/mol. The number of anilines is 1. The molecule has 0 aromatic carbocycles. The second kappa shape index (κ2) is 6.16. The maximum absolute atomic E-state index is 12.1. The molecule has 0 radical (unpaired) electrons. The second-order valence-corrected chi connectivity index (χ2v) is 4.65. The topological polar surface area (TPSA) is 67.3 Å². The number of carbonyl (C=O) groups excluding carboxylic acids is 1. The van der Waals surface area contributed by atoms with Gasteiger partial charge >= 0.3 is 0 Å². The zero-order chi connectivity index (χ0) is 13.8. The Bertz CT molecular complexity index is 469. The van der Waals surface area contributed by atoms with Gasteiger partial charge in [-0.1, -0.05) is 11.6 Å². The Morgan fingerprint density at radius 2 is 2.42 bits per heavy atom. The van der Waals surface area contributed by atoms with E-state index in [9.17, 15) is 4.79 Å². The molecule has 1 N–H and O–H groups in total. The molecule has 2 rings (SSSR count).